The number of carboxylic acid groups (broad SMARTS) is 1. The van der Waals surface area contributed by atoms with Gasteiger partial charge in [0.15, 0.2) is 11.5 Å². The lowest BCUT2D eigenvalue weighted by atomic mass is 9.98. The Morgan fingerprint density at radius 1 is 1.23 bits per heavy atom. The van der Waals surface area contributed by atoms with Crippen LogP contribution >= 0.6 is 0 Å². The van der Waals surface area contributed by atoms with Crippen molar-refractivity contribution in [1.29, 1.82) is 0 Å². The number of ether oxygens (including phenoxy) is 2. The third-order valence-corrected chi connectivity index (χ3v) is 6.79. The fourth-order valence-corrected chi connectivity index (χ4v) is 5.05. The molecule has 1 aliphatic heterocycles. The lowest BCUT2D eigenvalue weighted by molar-refractivity contribution is 0.0692. The summed E-state index contributed by atoms with van der Waals surface area (Å²) in [5, 5.41) is 9.16. The number of carboxylic acids is 1. The van der Waals surface area contributed by atoms with Crippen LogP contribution in [-0.4, -0.2) is 58.2 Å². The van der Waals surface area contributed by atoms with Crippen molar-refractivity contribution in [3.63, 3.8) is 0 Å². The Morgan fingerprint density at radius 3 is 2.53 bits per heavy atom. The number of nitrogens with zero attached hydrogens (tertiary/aromatic N) is 1. The average Bonchev–Trinajstić information content (AvgIpc) is 3.12. The summed E-state index contributed by atoms with van der Waals surface area (Å²) in [6.07, 6.45) is 2.40. The quantitative estimate of drug-likeness (QED) is 0.571. The van der Waals surface area contributed by atoms with Crippen LogP contribution in [0.2, 0.25) is 0 Å². The molecule has 0 radical (unpaired) electrons. The molecule has 0 spiro atoms. The molecule has 3 rings (SSSR count). The van der Waals surface area contributed by atoms with Crippen LogP contribution in [0.5, 0.6) is 11.5 Å². The fourth-order valence-electron chi connectivity index (χ4n) is 3.64. The van der Waals surface area contributed by atoms with Gasteiger partial charge in [0.2, 0.25) is 10.0 Å². The zero-order valence-electron chi connectivity index (χ0n) is 17.2. The number of rotatable bonds is 9. The lowest BCUT2D eigenvalue weighted by Crippen LogP contribution is -2.34. The zero-order chi connectivity index (χ0) is 21.9. The number of nitrogens with one attached hydrogen (secondary N) is 1. The van der Waals surface area contributed by atoms with Crippen molar-refractivity contribution in [2.45, 2.75) is 31.2 Å². The summed E-state index contributed by atoms with van der Waals surface area (Å²) in [7, 11) is -0.744. The van der Waals surface area contributed by atoms with Crippen molar-refractivity contribution >= 4 is 16.0 Å². The molecule has 0 fully saturated rings. The van der Waals surface area contributed by atoms with Crippen molar-refractivity contribution in [2.75, 3.05) is 33.9 Å². The monoisotopic (exact) mass is 438 g/mol. The van der Waals surface area contributed by atoms with Gasteiger partial charge in [0.25, 0.3) is 0 Å². The summed E-state index contributed by atoms with van der Waals surface area (Å²) < 4.78 is 43.2. The standard InChI is InChI=1S/C20H26N2O7S/c1-13-19(16(12-29-13)20(23)24)30(25,26)21-6-4-7-22-8-5-14-9-17(27-2)18(28-3)10-15(14)11-22/h9-10,12,21H,4-8,11H2,1-3H3,(H,23,24). The number of carbonyl (C=O) groups is 1. The lowest BCUT2D eigenvalue weighted by Gasteiger charge is -2.29. The van der Waals surface area contributed by atoms with Gasteiger partial charge in [-0.2, -0.15) is 0 Å². The molecule has 1 aromatic heterocycles. The Kier molecular flexibility index (Phi) is 6.69. The first-order valence-corrected chi connectivity index (χ1v) is 11.0. The molecule has 30 heavy (non-hydrogen) atoms. The highest BCUT2D eigenvalue weighted by Crippen LogP contribution is 2.33. The number of methoxy groups -OCH3 is 2. The highest BCUT2D eigenvalue weighted by Gasteiger charge is 2.28. The molecule has 1 aromatic carbocycles. The van der Waals surface area contributed by atoms with Crippen molar-refractivity contribution in [3.8, 4) is 11.5 Å². The number of furan rings is 1. The van der Waals surface area contributed by atoms with Gasteiger partial charge in [-0.05, 0) is 49.6 Å². The number of fused-ring (bicyclic) bond motifs is 1. The van der Waals surface area contributed by atoms with Crippen LogP contribution < -0.4 is 14.2 Å². The molecule has 2 heterocycles. The van der Waals surface area contributed by atoms with Gasteiger partial charge in [-0.25, -0.2) is 17.9 Å². The van der Waals surface area contributed by atoms with Crippen LogP contribution in [0.4, 0.5) is 0 Å². The number of hydrogen-bond acceptors (Lipinski definition) is 7. The Morgan fingerprint density at radius 2 is 1.90 bits per heavy atom. The molecule has 0 atom stereocenters. The van der Waals surface area contributed by atoms with E-state index in [0.717, 1.165) is 31.5 Å². The smallest absolute Gasteiger partial charge is 0.340 e. The maximum atomic E-state index is 12.5. The topological polar surface area (TPSA) is 118 Å². The van der Waals surface area contributed by atoms with Crippen LogP contribution in [0.25, 0.3) is 0 Å². The summed E-state index contributed by atoms with van der Waals surface area (Å²) in [5.74, 6) is 0.119. The largest absolute Gasteiger partial charge is 0.493 e. The van der Waals surface area contributed by atoms with E-state index in [4.69, 9.17) is 19.0 Å². The van der Waals surface area contributed by atoms with Crippen LogP contribution in [0.15, 0.2) is 27.7 Å². The predicted molar refractivity (Wildman–Crippen MR) is 109 cm³/mol. The normalized spacial score (nSPS) is 14.4. The molecule has 0 saturated heterocycles. The molecule has 0 saturated carbocycles. The Hall–Kier alpha value is -2.56. The van der Waals surface area contributed by atoms with E-state index >= 15 is 0 Å². The third-order valence-electron chi connectivity index (χ3n) is 5.16. The minimum atomic E-state index is -3.97. The average molecular weight is 439 g/mol. The maximum absolute atomic E-state index is 12.5. The van der Waals surface area contributed by atoms with E-state index < -0.39 is 16.0 Å². The molecule has 0 aliphatic carbocycles. The number of benzene rings is 1. The number of aryl methyl sites for hydroxylation is 1. The SMILES string of the molecule is COc1cc2c(cc1OC)CN(CCCNS(=O)(=O)c1c(C(=O)O)coc1C)CC2. The van der Waals surface area contributed by atoms with E-state index in [-0.39, 0.29) is 22.8 Å². The molecule has 2 aromatic rings. The van der Waals surface area contributed by atoms with Gasteiger partial charge >= 0.3 is 5.97 Å². The second-order valence-corrected chi connectivity index (χ2v) is 8.80. The minimum Gasteiger partial charge on any atom is -0.493 e. The first kappa shape index (κ1) is 22.1. The third kappa shape index (κ3) is 4.61. The fraction of sp³-hybridized carbons (Fsp3) is 0.450. The van der Waals surface area contributed by atoms with Crippen molar-refractivity contribution in [1.82, 2.24) is 9.62 Å². The zero-order valence-corrected chi connectivity index (χ0v) is 18.0. The summed E-state index contributed by atoms with van der Waals surface area (Å²) in [6, 6.07) is 3.99. The van der Waals surface area contributed by atoms with Gasteiger partial charge in [0, 0.05) is 19.6 Å². The molecule has 2 N–H and O–H groups in total. The first-order valence-electron chi connectivity index (χ1n) is 9.54. The Balaban J connectivity index is 1.57. The van der Waals surface area contributed by atoms with E-state index in [2.05, 4.69) is 9.62 Å². The van der Waals surface area contributed by atoms with Crippen LogP contribution in [0.1, 0.15) is 33.7 Å². The van der Waals surface area contributed by atoms with Gasteiger partial charge in [0.1, 0.15) is 22.5 Å². The van der Waals surface area contributed by atoms with Gasteiger partial charge in [-0.3, -0.25) is 4.90 Å². The molecular weight excluding hydrogens is 412 g/mol. The number of hydrogen-bond donors (Lipinski definition) is 2. The van der Waals surface area contributed by atoms with Gasteiger partial charge in [-0.1, -0.05) is 0 Å². The van der Waals surface area contributed by atoms with Gasteiger partial charge < -0.3 is 19.0 Å². The molecule has 0 unspecified atom stereocenters. The second-order valence-electron chi connectivity index (χ2n) is 7.09. The highest BCUT2D eigenvalue weighted by molar-refractivity contribution is 7.89. The molecule has 0 amide bonds. The van der Waals surface area contributed by atoms with Crippen LogP contribution in [0.3, 0.4) is 0 Å². The summed E-state index contributed by atoms with van der Waals surface area (Å²) >= 11 is 0. The molecular formula is C20H26N2O7S. The van der Waals surface area contributed by atoms with Crippen LogP contribution in [0, 0.1) is 6.92 Å². The van der Waals surface area contributed by atoms with Crippen molar-refractivity contribution in [2.24, 2.45) is 0 Å². The van der Waals surface area contributed by atoms with Gasteiger partial charge in [-0.15, -0.1) is 0 Å². The van der Waals surface area contributed by atoms with Crippen molar-refractivity contribution in [3.05, 3.63) is 40.8 Å². The summed E-state index contributed by atoms with van der Waals surface area (Å²) in [6.45, 7) is 3.93. The van der Waals surface area contributed by atoms with E-state index in [1.54, 1.807) is 14.2 Å². The number of aromatic carboxylic acids is 1. The minimum absolute atomic E-state index is 0.0527. The maximum Gasteiger partial charge on any atom is 0.340 e. The second kappa shape index (κ2) is 9.07. The summed E-state index contributed by atoms with van der Waals surface area (Å²) in [5.41, 5.74) is 2.03. The molecule has 0 bridgehead atoms. The molecule has 164 valence electrons. The molecule has 9 nitrogen and oxygen atoms in total. The Labute approximate surface area is 175 Å². The summed E-state index contributed by atoms with van der Waals surface area (Å²) in [4.78, 5) is 13.2. The van der Waals surface area contributed by atoms with E-state index in [1.807, 2.05) is 12.1 Å². The number of sulfonamides is 1. The highest BCUT2D eigenvalue weighted by atomic mass is 32.2. The van der Waals surface area contributed by atoms with E-state index in [1.165, 1.54) is 18.1 Å². The van der Waals surface area contributed by atoms with Gasteiger partial charge in [0.05, 0.1) is 14.2 Å². The van der Waals surface area contributed by atoms with Crippen LogP contribution in [-0.2, 0) is 23.0 Å². The predicted octanol–water partition coefficient (Wildman–Crippen LogP) is 2.03. The molecule has 1 aliphatic rings. The first-order chi connectivity index (χ1) is 14.3. The Bertz CT molecular complexity index is 1030. The molecule has 10 heteroatoms. The van der Waals surface area contributed by atoms with E-state index in [0.29, 0.717) is 18.7 Å². The van der Waals surface area contributed by atoms with Crippen molar-refractivity contribution < 1.29 is 32.2 Å². The van der Waals surface area contributed by atoms with E-state index in [9.17, 15) is 13.2 Å².